The van der Waals surface area contributed by atoms with Crippen molar-refractivity contribution in [3.05, 3.63) is 58.7 Å². The van der Waals surface area contributed by atoms with Crippen molar-refractivity contribution in [1.82, 2.24) is 4.98 Å². The van der Waals surface area contributed by atoms with Gasteiger partial charge in [-0.05, 0) is 36.4 Å². The number of carbonyl (C=O) groups excluding carboxylic acids is 1. The lowest BCUT2D eigenvalue weighted by molar-refractivity contribution is 0.102. The van der Waals surface area contributed by atoms with Crippen molar-refractivity contribution in [3.8, 4) is 0 Å². The maximum absolute atomic E-state index is 12.1. The van der Waals surface area contributed by atoms with Crippen LogP contribution in [0, 0.1) is 0 Å². The lowest BCUT2D eigenvalue weighted by atomic mass is 9.92. The molecule has 1 aromatic carbocycles. The van der Waals surface area contributed by atoms with E-state index in [1.807, 2.05) is 12.1 Å². The summed E-state index contributed by atoms with van der Waals surface area (Å²) in [5, 5.41) is 3.40. The van der Waals surface area contributed by atoms with Crippen LogP contribution in [0.4, 0.5) is 5.82 Å². The average molecular weight is 289 g/mol. The fourth-order valence-electron chi connectivity index (χ4n) is 1.71. The quantitative estimate of drug-likeness (QED) is 0.896. The van der Waals surface area contributed by atoms with E-state index in [1.165, 1.54) is 0 Å². The first-order valence-electron chi connectivity index (χ1n) is 6.41. The molecular formula is C16H17ClN2O. The molecule has 0 atom stereocenters. The van der Waals surface area contributed by atoms with E-state index in [2.05, 4.69) is 31.1 Å². The molecule has 0 aliphatic heterocycles. The predicted molar refractivity (Wildman–Crippen MR) is 82.3 cm³/mol. The summed E-state index contributed by atoms with van der Waals surface area (Å²) in [6, 6.07) is 12.4. The largest absolute Gasteiger partial charge is 0.307 e. The summed E-state index contributed by atoms with van der Waals surface area (Å²) in [4.78, 5) is 16.6. The molecule has 0 fully saturated rings. The zero-order valence-corrected chi connectivity index (χ0v) is 12.5. The summed E-state index contributed by atoms with van der Waals surface area (Å²) in [7, 11) is 0. The monoisotopic (exact) mass is 288 g/mol. The van der Waals surface area contributed by atoms with E-state index in [-0.39, 0.29) is 11.3 Å². The van der Waals surface area contributed by atoms with Crippen LogP contribution in [-0.4, -0.2) is 10.9 Å². The molecule has 1 aromatic heterocycles. The Labute approximate surface area is 124 Å². The van der Waals surface area contributed by atoms with Crippen molar-refractivity contribution in [2.75, 3.05) is 5.32 Å². The number of anilines is 1. The molecule has 0 saturated heterocycles. The first kappa shape index (κ1) is 14.5. The maximum Gasteiger partial charge on any atom is 0.256 e. The molecule has 2 aromatic rings. The molecule has 104 valence electrons. The second-order valence-electron chi connectivity index (χ2n) is 5.62. The van der Waals surface area contributed by atoms with Crippen LogP contribution in [0.5, 0.6) is 0 Å². The Morgan fingerprint density at radius 2 is 1.75 bits per heavy atom. The number of nitrogens with zero attached hydrogens (tertiary/aromatic N) is 1. The Morgan fingerprint density at radius 1 is 1.10 bits per heavy atom. The van der Waals surface area contributed by atoms with E-state index < -0.39 is 0 Å². The summed E-state index contributed by atoms with van der Waals surface area (Å²) in [5.41, 5.74) is 1.44. The Morgan fingerprint density at radius 3 is 2.35 bits per heavy atom. The van der Waals surface area contributed by atoms with Crippen molar-refractivity contribution in [1.29, 1.82) is 0 Å². The van der Waals surface area contributed by atoms with Gasteiger partial charge in [0.1, 0.15) is 5.82 Å². The minimum Gasteiger partial charge on any atom is -0.307 e. The fourth-order valence-corrected chi connectivity index (χ4v) is 1.84. The molecule has 1 amide bonds. The third-order valence-corrected chi connectivity index (χ3v) is 3.12. The molecule has 0 aliphatic carbocycles. The third-order valence-electron chi connectivity index (χ3n) is 2.87. The number of hydrogen-bond donors (Lipinski definition) is 1. The minimum atomic E-state index is -0.194. The van der Waals surface area contributed by atoms with Crippen LogP contribution in [0.15, 0.2) is 42.5 Å². The van der Waals surface area contributed by atoms with E-state index in [0.717, 1.165) is 5.69 Å². The Bertz CT molecular complexity index is 615. The van der Waals surface area contributed by atoms with Gasteiger partial charge in [0.15, 0.2) is 0 Å². The fraction of sp³-hybridized carbons (Fsp3) is 0.250. The maximum atomic E-state index is 12.1. The number of nitrogens with one attached hydrogen (secondary N) is 1. The first-order valence-corrected chi connectivity index (χ1v) is 6.78. The van der Waals surface area contributed by atoms with Crippen LogP contribution >= 0.6 is 11.6 Å². The van der Waals surface area contributed by atoms with E-state index in [4.69, 9.17) is 11.6 Å². The van der Waals surface area contributed by atoms with Gasteiger partial charge >= 0.3 is 0 Å². The van der Waals surface area contributed by atoms with Gasteiger partial charge < -0.3 is 5.32 Å². The number of rotatable bonds is 2. The van der Waals surface area contributed by atoms with Gasteiger partial charge in [0.2, 0.25) is 0 Å². The first-order chi connectivity index (χ1) is 9.36. The lowest BCUT2D eigenvalue weighted by Gasteiger charge is -2.18. The highest BCUT2D eigenvalue weighted by atomic mass is 35.5. The standard InChI is InChI=1S/C16H17ClN2O/c1-16(2,3)13-5-4-6-14(18-13)19-15(20)11-7-9-12(17)10-8-11/h4-10H,1-3H3,(H,18,19,20). The minimum absolute atomic E-state index is 0.0546. The van der Waals surface area contributed by atoms with Crippen LogP contribution < -0.4 is 5.32 Å². The Kier molecular flexibility index (Phi) is 4.09. The van der Waals surface area contributed by atoms with Gasteiger partial charge in [-0.15, -0.1) is 0 Å². The molecule has 0 spiro atoms. The van der Waals surface area contributed by atoms with Crippen LogP contribution in [0.1, 0.15) is 36.8 Å². The van der Waals surface area contributed by atoms with Crippen molar-refractivity contribution in [2.24, 2.45) is 0 Å². The normalized spacial score (nSPS) is 11.2. The molecule has 3 nitrogen and oxygen atoms in total. The SMILES string of the molecule is CC(C)(C)c1cccc(NC(=O)c2ccc(Cl)cc2)n1. The summed E-state index contributed by atoms with van der Waals surface area (Å²) in [5.74, 6) is 0.359. The molecule has 0 radical (unpaired) electrons. The smallest absolute Gasteiger partial charge is 0.256 e. The number of pyridine rings is 1. The van der Waals surface area contributed by atoms with Crippen LogP contribution in [0.3, 0.4) is 0 Å². The average Bonchev–Trinajstić information content (AvgIpc) is 2.38. The summed E-state index contributed by atoms with van der Waals surface area (Å²) >= 11 is 5.80. The summed E-state index contributed by atoms with van der Waals surface area (Å²) in [6.07, 6.45) is 0. The molecule has 20 heavy (non-hydrogen) atoms. The highest BCUT2D eigenvalue weighted by molar-refractivity contribution is 6.30. The predicted octanol–water partition coefficient (Wildman–Crippen LogP) is 4.28. The number of aromatic nitrogens is 1. The topological polar surface area (TPSA) is 42.0 Å². The third kappa shape index (κ3) is 3.58. The van der Waals surface area contributed by atoms with Crippen LogP contribution in [-0.2, 0) is 5.41 Å². The molecule has 0 unspecified atom stereocenters. The molecular weight excluding hydrogens is 272 g/mol. The van der Waals surface area contributed by atoms with Gasteiger partial charge in [-0.2, -0.15) is 0 Å². The molecule has 4 heteroatoms. The molecule has 1 N–H and O–H groups in total. The number of benzene rings is 1. The van der Waals surface area contributed by atoms with E-state index in [9.17, 15) is 4.79 Å². The Hall–Kier alpha value is -1.87. The van der Waals surface area contributed by atoms with Gasteiger partial charge in [0.25, 0.3) is 5.91 Å². The van der Waals surface area contributed by atoms with Gasteiger partial charge in [-0.3, -0.25) is 4.79 Å². The van der Waals surface area contributed by atoms with Crippen molar-refractivity contribution >= 4 is 23.3 Å². The second-order valence-corrected chi connectivity index (χ2v) is 6.06. The van der Waals surface area contributed by atoms with Gasteiger partial charge in [0.05, 0.1) is 0 Å². The number of carbonyl (C=O) groups is 1. The van der Waals surface area contributed by atoms with Crippen molar-refractivity contribution < 1.29 is 4.79 Å². The van der Waals surface area contributed by atoms with E-state index in [1.54, 1.807) is 30.3 Å². The van der Waals surface area contributed by atoms with Gasteiger partial charge in [-0.25, -0.2) is 4.98 Å². The number of amides is 1. The highest BCUT2D eigenvalue weighted by Crippen LogP contribution is 2.21. The molecule has 0 saturated carbocycles. The number of halogens is 1. The van der Waals surface area contributed by atoms with Gasteiger partial charge in [-0.1, -0.05) is 38.4 Å². The molecule has 0 aliphatic rings. The van der Waals surface area contributed by atoms with E-state index in [0.29, 0.717) is 16.4 Å². The molecule has 2 rings (SSSR count). The second kappa shape index (κ2) is 5.63. The Balaban J connectivity index is 2.18. The van der Waals surface area contributed by atoms with Crippen LogP contribution in [0.2, 0.25) is 5.02 Å². The van der Waals surface area contributed by atoms with Gasteiger partial charge in [0, 0.05) is 21.7 Å². The highest BCUT2D eigenvalue weighted by Gasteiger charge is 2.16. The summed E-state index contributed by atoms with van der Waals surface area (Å²) in [6.45, 7) is 6.25. The van der Waals surface area contributed by atoms with E-state index >= 15 is 0 Å². The molecule has 1 heterocycles. The van der Waals surface area contributed by atoms with Crippen LogP contribution in [0.25, 0.3) is 0 Å². The van der Waals surface area contributed by atoms with Crippen molar-refractivity contribution in [2.45, 2.75) is 26.2 Å². The van der Waals surface area contributed by atoms with Crippen molar-refractivity contribution in [3.63, 3.8) is 0 Å². The lowest BCUT2D eigenvalue weighted by Crippen LogP contribution is -2.17. The zero-order valence-electron chi connectivity index (χ0n) is 11.8. The summed E-state index contributed by atoms with van der Waals surface area (Å²) < 4.78 is 0. The molecule has 0 bridgehead atoms. The zero-order chi connectivity index (χ0) is 14.8. The number of hydrogen-bond acceptors (Lipinski definition) is 2.